The smallest absolute Gasteiger partial charge is 0.303 e. The Labute approximate surface area is 158 Å². The lowest BCUT2D eigenvalue weighted by molar-refractivity contribution is -0.220. The Morgan fingerprint density at radius 2 is 2.19 bits per heavy atom. The Morgan fingerprint density at radius 3 is 2.89 bits per heavy atom. The summed E-state index contributed by atoms with van der Waals surface area (Å²) in [5.74, 6) is 0.352. The normalized spacial score (nSPS) is 25.3. The van der Waals surface area contributed by atoms with Gasteiger partial charge < -0.3 is 14.2 Å². The first kappa shape index (κ1) is 19.4. The molecule has 146 valence electrons. The van der Waals surface area contributed by atoms with Crippen LogP contribution >= 0.6 is 0 Å². The zero-order valence-corrected chi connectivity index (χ0v) is 16.2. The minimum Gasteiger partial charge on any atom is -0.457 e. The molecule has 4 atom stereocenters. The molecule has 2 unspecified atom stereocenters. The van der Waals surface area contributed by atoms with E-state index < -0.39 is 12.4 Å². The molecule has 0 bridgehead atoms. The predicted molar refractivity (Wildman–Crippen MR) is 99.7 cm³/mol. The predicted octanol–water partition coefficient (Wildman–Crippen LogP) is 2.59. The van der Waals surface area contributed by atoms with Crippen molar-refractivity contribution in [1.82, 2.24) is 9.38 Å². The molecule has 0 N–H and O–H groups in total. The lowest BCUT2D eigenvalue weighted by Crippen LogP contribution is -2.49. The molecule has 3 heterocycles. The van der Waals surface area contributed by atoms with E-state index in [-0.39, 0.29) is 23.4 Å². The number of nitrogens with zero attached hydrogens (tertiary/aromatic N) is 2. The van der Waals surface area contributed by atoms with E-state index in [1.54, 1.807) is 24.5 Å². The van der Waals surface area contributed by atoms with Crippen LogP contribution in [0.5, 0.6) is 5.75 Å². The summed E-state index contributed by atoms with van der Waals surface area (Å²) in [7, 11) is 0. The molecule has 7 heteroatoms. The fourth-order valence-corrected chi connectivity index (χ4v) is 3.30. The van der Waals surface area contributed by atoms with Gasteiger partial charge in [0.2, 0.25) is 6.29 Å². The number of esters is 1. The van der Waals surface area contributed by atoms with E-state index in [4.69, 9.17) is 14.2 Å². The molecule has 0 radical (unpaired) electrons. The van der Waals surface area contributed by atoms with E-state index in [0.717, 1.165) is 6.42 Å². The highest BCUT2D eigenvalue weighted by molar-refractivity contribution is 5.66. The Kier molecular flexibility index (Phi) is 5.79. The number of hydrogen-bond donors (Lipinski definition) is 0. The summed E-state index contributed by atoms with van der Waals surface area (Å²) in [6, 6.07) is 3.47. The minimum absolute atomic E-state index is 0.0782. The lowest BCUT2D eigenvalue weighted by Gasteiger charge is -2.38. The monoisotopic (exact) mass is 374 g/mol. The van der Waals surface area contributed by atoms with Crippen molar-refractivity contribution in [2.24, 2.45) is 11.8 Å². The quantitative estimate of drug-likeness (QED) is 0.749. The number of rotatable bonds is 5. The van der Waals surface area contributed by atoms with Gasteiger partial charge in [0.1, 0.15) is 0 Å². The van der Waals surface area contributed by atoms with Crippen LogP contribution in [0.25, 0.3) is 5.65 Å². The minimum atomic E-state index is -0.751. The van der Waals surface area contributed by atoms with Crippen LogP contribution in [0, 0.1) is 11.8 Å². The molecule has 0 saturated carbocycles. The summed E-state index contributed by atoms with van der Waals surface area (Å²) < 4.78 is 18.8. The van der Waals surface area contributed by atoms with Gasteiger partial charge in [-0.3, -0.25) is 14.0 Å². The zero-order valence-electron chi connectivity index (χ0n) is 16.2. The molecule has 3 rings (SSSR count). The van der Waals surface area contributed by atoms with Gasteiger partial charge in [0, 0.05) is 30.8 Å². The van der Waals surface area contributed by atoms with Gasteiger partial charge in [0.05, 0.1) is 6.61 Å². The molecule has 0 amide bonds. The molecular formula is C20H26N2O5. The molecular weight excluding hydrogens is 348 g/mol. The van der Waals surface area contributed by atoms with E-state index in [1.807, 2.05) is 20.8 Å². The lowest BCUT2D eigenvalue weighted by atomic mass is 9.88. The van der Waals surface area contributed by atoms with Gasteiger partial charge >= 0.3 is 5.97 Å². The van der Waals surface area contributed by atoms with E-state index in [2.05, 4.69) is 4.98 Å². The van der Waals surface area contributed by atoms with Gasteiger partial charge in [-0.2, -0.15) is 0 Å². The van der Waals surface area contributed by atoms with E-state index in [9.17, 15) is 9.59 Å². The maximum atomic E-state index is 12.6. The van der Waals surface area contributed by atoms with Crippen molar-refractivity contribution in [2.45, 2.75) is 52.9 Å². The molecule has 0 aromatic carbocycles. The van der Waals surface area contributed by atoms with Crippen LogP contribution < -0.4 is 10.3 Å². The van der Waals surface area contributed by atoms with E-state index >= 15 is 0 Å². The third kappa shape index (κ3) is 3.98. The Hall–Kier alpha value is -2.41. The highest BCUT2D eigenvalue weighted by Gasteiger charge is 2.40. The first-order chi connectivity index (χ1) is 12.9. The molecule has 2 aromatic heterocycles. The fraction of sp³-hybridized carbons (Fsp3) is 0.550. The number of ether oxygens (including phenoxy) is 3. The van der Waals surface area contributed by atoms with Crippen molar-refractivity contribution >= 4 is 11.6 Å². The number of pyridine rings is 1. The summed E-state index contributed by atoms with van der Waals surface area (Å²) in [6.07, 6.45) is 3.54. The Balaban J connectivity index is 1.94. The van der Waals surface area contributed by atoms with Gasteiger partial charge in [-0.1, -0.05) is 27.2 Å². The van der Waals surface area contributed by atoms with Crippen LogP contribution in [-0.4, -0.2) is 34.4 Å². The van der Waals surface area contributed by atoms with Crippen molar-refractivity contribution in [3.05, 3.63) is 40.4 Å². The summed E-state index contributed by atoms with van der Waals surface area (Å²) in [4.78, 5) is 28.6. The summed E-state index contributed by atoms with van der Waals surface area (Å²) in [5.41, 5.74) is 0.982. The standard InChI is InChI=1S/C20H26N2O5/c1-5-7-15-10-21-18-16(8-6-9-22(18)19(15)24)27-20-17(26-14(4)23)13(3)12(2)11-25-20/h6,8-10,12-13,17,20H,5,7,11H2,1-4H3/t12?,13-,17?,20-/m0/s1. The maximum absolute atomic E-state index is 12.6. The van der Waals surface area contributed by atoms with E-state index in [0.29, 0.717) is 30.0 Å². The fourth-order valence-electron chi connectivity index (χ4n) is 3.30. The van der Waals surface area contributed by atoms with E-state index in [1.165, 1.54) is 11.3 Å². The SMILES string of the molecule is CCCc1cnc2c(O[C@@H]3OCC(C)[C@H](C)C3OC(C)=O)cccn2c1=O. The van der Waals surface area contributed by atoms with Crippen molar-refractivity contribution in [3.8, 4) is 5.75 Å². The third-order valence-electron chi connectivity index (χ3n) is 5.04. The van der Waals surface area contributed by atoms with Gasteiger partial charge in [-0.05, 0) is 24.5 Å². The molecule has 27 heavy (non-hydrogen) atoms. The first-order valence-electron chi connectivity index (χ1n) is 9.37. The summed E-state index contributed by atoms with van der Waals surface area (Å²) >= 11 is 0. The summed E-state index contributed by atoms with van der Waals surface area (Å²) in [5, 5.41) is 0. The van der Waals surface area contributed by atoms with Crippen LogP contribution in [-0.2, 0) is 20.7 Å². The Bertz CT molecular complexity index is 878. The molecule has 1 fully saturated rings. The second-order valence-electron chi connectivity index (χ2n) is 7.13. The number of carbonyl (C=O) groups excluding carboxylic acids is 1. The number of aryl methyl sites for hydroxylation is 1. The van der Waals surface area contributed by atoms with Crippen LogP contribution in [0.15, 0.2) is 29.3 Å². The van der Waals surface area contributed by atoms with Crippen molar-refractivity contribution in [1.29, 1.82) is 0 Å². The average Bonchev–Trinajstić information content (AvgIpc) is 2.64. The van der Waals surface area contributed by atoms with Crippen LogP contribution in [0.1, 0.15) is 39.7 Å². The highest BCUT2D eigenvalue weighted by atomic mass is 16.7. The largest absolute Gasteiger partial charge is 0.457 e. The zero-order chi connectivity index (χ0) is 19.6. The second kappa shape index (κ2) is 8.08. The van der Waals surface area contributed by atoms with Crippen LogP contribution in [0.3, 0.4) is 0 Å². The van der Waals surface area contributed by atoms with Gasteiger partial charge in [0.25, 0.3) is 5.56 Å². The molecule has 7 nitrogen and oxygen atoms in total. The Morgan fingerprint density at radius 1 is 1.41 bits per heavy atom. The third-order valence-corrected chi connectivity index (χ3v) is 5.04. The van der Waals surface area contributed by atoms with Gasteiger partial charge in [0.15, 0.2) is 17.5 Å². The maximum Gasteiger partial charge on any atom is 0.303 e. The molecule has 0 spiro atoms. The molecule has 1 aliphatic rings. The van der Waals surface area contributed by atoms with Crippen LogP contribution in [0.2, 0.25) is 0 Å². The van der Waals surface area contributed by atoms with Crippen molar-refractivity contribution in [2.75, 3.05) is 6.61 Å². The topological polar surface area (TPSA) is 79.1 Å². The van der Waals surface area contributed by atoms with Crippen LogP contribution in [0.4, 0.5) is 0 Å². The summed E-state index contributed by atoms with van der Waals surface area (Å²) in [6.45, 7) is 7.96. The molecule has 1 aliphatic heterocycles. The number of aromatic nitrogens is 2. The van der Waals surface area contributed by atoms with Crippen molar-refractivity contribution < 1.29 is 19.0 Å². The van der Waals surface area contributed by atoms with Gasteiger partial charge in [-0.15, -0.1) is 0 Å². The number of carbonyl (C=O) groups is 1. The average molecular weight is 374 g/mol. The second-order valence-corrected chi connectivity index (χ2v) is 7.13. The molecule has 1 saturated heterocycles. The van der Waals surface area contributed by atoms with Crippen molar-refractivity contribution in [3.63, 3.8) is 0 Å². The molecule has 2 aromatic rings. The molecule has 0 aliphatic carbocycles. The highest BCUT2D eigenvalue weighted by Crippen LogP contribution is 2.30. The first-order valence-corrected chi connectivity index (χ1v) is 9.37. The van der Waals surface area contributed by atoms with Gasteiger partial charge in [-0.25, -0.2) is 4.98 Å². The number of hydrogen-bond acceptors (Lipinski definition) is 6. The number of fused-ring (bicyclic) bond motifs is 1.